The van der Waals surface area contributed by atoms with Gasteiger partial charge in [-0.05, 0) is 57.4 Å². The molecule has 1 aromatic rings. The van der Waals surface area contributed by atoms with Crippen molar-refractivity contribution in [2.75, 3.05) is 19.7 Å². The van der Waals surface area contributed by atoms with Gasteiger partial charge in [0.1, 0.15) is 5.75 Å². The van der Waals surface area contributed by atoms with Gasteiger partial charge in [0.05, 0.1) is 4.90 Å². The minimum Gasteiger partial charge on any atom is -0.483 e. The fourth-order valence-electron chi connectivity index (χ4n) is 3.27. The highest BCUT2D eigenvalue weighted by Crippen LogP contribution is 2.24. The minimum absolute atomic E-state index is 0.0247. The topological polar surface area (TPSA) is 75.7 Å². The second-order valence-corrected chi connectivity index (χ2v) is 8.45. The van der Waals surface area contributed by atoms with Gasteiger partial charge in [0.25, 0.3) is 5.91 Å². The molecule has 0 radical (unpaired) electrons. The van der Waals surface area contributed by atoms with Gasteiger partial charge in [-0.25, -0.2) is 13.1 Å². The Morgan fingerprint density at radius 2 is 1.85 bits per heavy atom. The van der Waals surface area contributed by atoms with Crippen LogP contribution in [0.3, 0.4) is 0 Å². The highest BCUT2D eigenvalue weighted by Gasteiger charge is 2.22. The molecule has 0 aliphatic heterocycles. The van der Waals surface area contributed by atoms with Crippen molar-refractivity contribution in [3.8, 4) is 5.75 Å². The number of rotatable bonds is 8. The quantitative estimate of drug-likeness (QED) is 0.750. The molecule has 0 saturated heterocycles. The van der Waals surface area contributed by atoms with E-state index >= 15 is 0 Å². The van der Waals surface area contributed by atoms with Gasteiger partial charge in [0.2, 0.25) is 10.0 Å². The lowest BCUT2D eigenvalue weighted by Gasteiger charge is -2.23. The Hall–Kier alpha value is -1.60. The number of nitrogens with one attached hydrogen (secondary N) is 1. The molecule has 26 heavy (non-hydrogen) atoms. The number of nitrogens with zero attached hydrogens (tertiary/aromatic N) is 1. The summed E-state index contributed by atoms with van der Waals surface area (Å²) in [5, 5.41) is 0. The number of ether oxygens (including phenoxy) is 1. The maximum absolute atomic E-state index is 12.6. The molecular weight excluding hydrogens is 352 g/mol. The number of carbonyl (C=O) groups excluding carboxylic acids is 1. The van der Waals surface area contributed by atoms with Crippen molar-refractivity contribution in [2.24, 2.45) is 0 Å². The van der Waals surface area contributed by atoms with E-state index in [1.807, 2.05) is 13.8 Å². The molecule has 1 N–H and O–H groups in total. The number of sulfonamides is 1. The first-order valence-electron chi connectivity index (χ1n) is 9.41. The Bertz CT molecular complexity index is 708. The highest BCUT2D eigenvalue weighted by atomic mass is 32.2. The smallest absolute Gasteiger partial charge is 0.260 e. The van der Waals surface area contributed by atoms with Crippen LogP contribution in [-0.4, -0.2) is 45.0 Å². The lowest BCUT2D eigenvalue weighted by Crippen LogP contribution is -2.36. The second-order valence-electron chi connectivity index (χ2n) is 6.74. The van der Waals surface area contributed by atoms with Gasteiger partial charge < -0.3 is 9.64 Å². The molecule has 1 aromatic carbocycles. The predicted molar refractivity (Wildman–Crippen MR) is 102 cm³/mol. The normalized spacial score (nSPS) is 15.7. The van der Waals surface area contributed by atoms with Crippen LogP contribution < -0.4 is 9.46 Å². The average Bonchev–Trinajstić information content (AvgIpc) is 2.62. The second kappa shape index (κ2) is 9.37. The van der Waals surface area contributed by atoms with Crippen molar-refractivity contribution in [1.29, 1.82) is 0 Å². The van der Waals surface area contributed by atoms with E-state index in [1.54, 1.807) is 24.0 Å². The number of aryl methyl sites for hydroxylation is 1. The van der Waals surface area contributed by atoms with Crippen molar-refractivity contribution in [3.63, 3.8) is 0 Å². The van der Waals surface area contributed by atoms with E-state index in [-0.39, 0.29) is 23.5 Å². The molecule has 0 atom stereocenters. The molecule has 0 heterocycles. The maximum atomic E-state index is 12.6. The number of hydrogen-bond acceptors (Lipinski definition) is 4. The van der Waals surface area contributed by atoms with Gasteiger partial charge in [0.15, 0.2) is 6.61 Å². The van der Waals surface area contributed by atoms with Crippen LogP contribution in [0.15, 0.2) is 23.1 Å². The number of carbonyl (C=O) groups is 1. The molecule has 2 rings (SSSR count). The molecule has 0 aromatic heterocycles. The van der Waals surface area contributed by atoms with Crippen molar-refractivity contribution < 1.29 is 17.9 Å². The van der Waals surface area contributed by atoms with Gasteiger partial charge in [-0.1, -0.05) is 19.3 Å². The van der Waals surface area contributed by atoms with E-state index in [2.05, 4.69) is 4.72 Å². The largest absolute Gasteiger partial charge is 0.483 e. The maximum Gasteiger partial charge on any atom is 0.260 e. The van der Waals surface area contributed by atoms with Gasteiger partial charge >= 0.3 is 0 Å². The average molecular weight is 383 g/mol. The Morgan fingerprint density at radius 3 is 2.42 bits per heavy atom. The summed E-state index contributed by atoms with van der Waals surface area (Å²) in [5.74, 6) is 0.451. The fraction of sp³-hybridized carbons (Fsp3) is 0.632. The van der Waals surface area contributed by atoms with E-state index in [4.69, 9.17) is 4.74 Å². The van der Waals surface area contributed by atoms with Crippen molar-refractivity contribution in [3.05, 3.63) is 23.8 Å². The minimum atomic E-state index is -3.53. The van der Waals surface area contributed by atoms with Gasteiger partial charge in [-0.2, -0.15) is 0 Å². The Kier molecular flexibility index (Phi) is 7.46. The highest BCUT2D eigenvalue weighted by molar-refractivity contribution is 7.89. The molecule has 7 heteroatoms. The van der Waals surface area contributed by atoms with Crippen molar-refractivity contribution in [1.82, 2.24) is 9.62 Å². The summed E-state index contributed by atoms with van der Waals surface area (Å²) in [7, 11) is -3.53. The van der Waals surface area contributed by atoms with Crippen LogP contribution >= 0.6 is 0 Å². The molecule has 1 amide bonds. The molecule has 0 bridgehead atoms. The number of hydrogen-bond donors (Lipinski definition) is 1. The van der Waals surface area contributed by atoms with Crippen LogP contribution in [0.25, 0.3) is 0 Å². The first kappa shape index (κ1) is 20.7. The zero-order valence-electron chi connectivity index (χ0n) is 16.0. The molecule has 6 nitrogen and oxygen atoms in total. The van der Waals surface area contributed by atoms with E-state index in [1.165, 1.54) is 12.5 Å². The third-order valence-electron chi connectivity index (χ3n) is 4.85. The molecule has 1 aliphatic rings. The SMILES string of the molecule is CCN(CC)C(=O)COc1ccc(S(=O)(=O)NC2CCCCC2)cc1C. The number of likely N-dealkylation sites (N-methyl/N-ethyl adjacent to an activating group) is 1. The van der Waals surface area contributed by atoms with Crippen molar-refractivity contribution >= 4 is 15.9 Å². The van der Waals surface area contributed by atoms with Crippen LogP contribution in [0.4, 0.5) is 0 Å². The van der Waals surface area contributed by atoms with Crippen LogP contribution in [0, 0.1) is 6.92 Å². The summed E-state index contributed by atoms with van der Waals surface area (Å²) in [4.78, 5) is 14.0. The molecule has 0 spiro atoms. The summed E-state index contributed by atoms with van der Waals surface area (Å²) in [6.45, 7) is 6.87. The zero-order chi connectivity index (χ0) is 19.2. The van der Waals surface area contributed by atoms with Crippen LogP contribution in [0.5, 0.6) is 5.75 Å². The van der Waals surface area contributed by atoms with E-state index in [0.717, 1.165) is 25.7 Å². The van der Waals surface area contributed by atoms with E-state index in [9.17, 15) is 13.2 Å². The summed E-state index contributed by atoms with van der Waals surface area (Å²) < 4.78 is 33.6. The summed E-state index contributed by atoms with van der Waals surface area (Å²) >= 11 is 0. The standard InChI is InChI=1S/C19H30N2O4S/c1-4-21(5-2)19(22)14-25-18-12-11-17(13-15(18)3)26(23,24)20-16-9-7-6-8-10-16/h11-13,16,20H,4-10,14H2,1-3H3. The number of amides is 1. The van der Waals surface area contributed by atoms with Crippen LogP contribution in [0.1, 0.15) is 51.5 Å². The van der Waals surface area contributed by atoms with Crippen LogP contribution in [0.2, 0.25) is 0 Å². The molecule has 1 fully saturated rings. The van der Waals surface area contributed by atoms with Gasteiger partial charge in [-0.15, -0.1) is 0 Å². The predicted octanol–water partition coefficient (Wildman–Crippen LogP) is 2.85. The van der Waals surface area contributed by atoms with Gasteiger partial charge in [-0.3, -0.25) is 4.79 Å². The summed E-state index contributed by atoms with van der Waals surface area (Å²) in [5.41, 5.74) is 0.698. The zero-order valence-corrected chi connectivity index (χ0v) is 16.8. The molecule has 0 unspecified atom stereocenters. The van der Waals surface area contributed by atoms with Crippen molar-refractivity contribution in [2.45, 2.75) is 63.8 Å². The Balaban J connectivity index is 2.02. The molecular formula is C19H30N2O4S. The third-order valence-corrected chi connectivity index (χ3v) is 6.37. The summed E-state index contributed by atoms with van der Waals surface area (Å²) in [6.07, 6.45) is 5.11. The monoisotopic (exact) mass is 382 g/mol. The van der Waals surface area contributed by atoms with E-state index < -0.39 is 10.0 Å². The molecule has 1 saturated carbocycles. The number of benzene rings is 1. The lowest BCUT2D eigenvalue weighted by molar-refractivity contribution is -0.132. The first-order valence-corrected chi connectivity index (χ1v) is 10.9. The summed E-state index contributed by atoms with van der Waals surface area (Å²) in [6, 6.07) is 4.79. The Morgan fingerprint density at radius 1 is 1.19 bits per heavy atom. The third kappa shape index (κ3) is 5.45. The Labute approximate surface area is 157 Å². The fourth-order valence-corrected chi connectivity index (χ4v) is 4.66. The molecule has 146 valence electrons. The molecule has 1 aliphatic carbocycles. The van der Waals surface area contributed by atoms with E-state index in [0.29, 0.717) is 24.4 Å². The first-order chi connectivity index (χ1) is 12.4. The lowest BCUT2D eigenvalue weighted by atomic mass is 9.96. The van der Waals surface area contributed by atoms with Crippen LogP contribution in [-0.2, 0) is 14.8 Å². The van der Waals surface area contributed by atoms with Gasteiger partial charge in [0, 0.05) is 19.1 Å².